The van der Waals surface area contributed by atoms with E-state index < -0.39 is 0 Å². The molecule has 2 aromatic carbocycles. The van der Waals surface area contributed by atoms with Gasteiger partial charge in [0.1, 0.15) is 5.75 Å². The van der Waals surface area contributed by atoms with Gasteiger partial charge in [-0.2, -0.15) is 0 Å². The van der Waals surface area contributed by atoms with Crippen molar-refractivity contribution in [2.24, 2.45) is 12.0 Å². The second kappa shape index (κ2) is 8.78. The fourth-order valence-corrected chi connectivity index (χ4v) is 3.24. The van der Waals surface area contributed by atoms with Crippen molar-refractivity contribution in [1.82, 2.24) is 9.36 Å². The minimum Gasteiger partial charge on any atom is -0.497 e. The fraction of sp³-hybridized carbons (Fsp3) is 0.208. The first-order valence-corrected chi connectivity index (χ1v) is 9.60. The zero-order valence-corrected chi connectivity index (χ0v) is 17.8. The summed E-state index contributed by atoms with van der Waals surface area (Å²) in [6.45, 7) is 5.08. The summed E-state index contributed by atoms with van der Waals surface area (Å²) in [7, 11) is 3.42. The average Bonchev–Trinajstić information content (AvgIpc) is 2.95. The molecule has 0 aliphatic carbocycles. The number of Topliss-reactive ketones (excluding diaryl/α,β-unsaturated/α-hetero) is 1. The van der Waals surface area contributed by atoms with E-state index in [4.69, 9.17) is 4.74 Å². The lowest BCUT2D eigenvalue weighted by Gasteiger charge is -2.07. The quantitative estimate of drug-likeness (QED) is 0.456. The van der Waals surface area contributed by atoms with E-state index in [0.717, 1.165) is 22.7 Å². The normalized spacial score (nSPS) is 12.2. The van der Waals surface area contributed by atoms with E-state index in [2.05, 4.69) is 4.99 Å². The van der Waals surface area contributed by atoms with Gasteiger partial charge in [0.15, 0.2) is 11.5 Å². The zero-order chi connectivity index (χ0) is 21.8. The van der Waals surface area contributed by atoms with Crippen molar-refractivity contribution in [2.45, 2.75) is 20.8 Å². The van der Waals surface area contributed by atoms with Gasteiger partial charge in [-0.25, -0.2) is 9.67 Å². The summed E-state index contributed by atoms with van der Waals surface area (Å²) >= 11 is 0. The van der Waals surface area contributed by atoms with Crippen LogP contribution in [-0.2, 0) is 11.8 Å². The first-order chi connectivity index (χ1) is 14.3. The number of aliphatic imine (C=N–C) groups is 1. The van der Waals surface area contributed by atoms with Gasteiger partial charge >= 0.3 is 0 Å². The van der Waals surface area contributed by atoms with E-state index in [-0.39, 0.29) is 11.3 Å². The summed E-state index contributed by atoms with van der Waals surface area (Å²) < 4.78 is 8.51. The van der Waals surface area contributed by atoms with Crippen LogP contribution in [0, 0.1) is 6.92 Å². The Morgan fingerprint density at radius 2 is 1.67 bits per heavy atom. The molecule has 0 aliphatic heterocycles. The van der Waals surface area contributed by atoms with E-state index in [1.54, 1.807) is 29.5 Å². The van der Waals surface area contributed by atoms with Crippen molar-refractivity contribution in [2.75, 3.05) is 7.11 Å². The smallest absolute Gasteiger partial charge is 0.297 e. The van der Waals surface area contributed by atoms with Gasteiger partial charge in [0.25, 0.3) is 5.56 Å². The van der Waals surface area contributed by atoms with Crippen LogP contribution in [0.15, 0.2) is 70.0 Å². The Kier molecular flexibility index (Phi) is 6.16. The van der Waals surface area contributed by atoms with Crippen LogP contribution in [-0.4, -0.2) is 28.0 Å². The van der Waals surface area contributed by atoms with Gasteiger partial charge in [0, 0.05) is 18.3 Å². The number of nitrogens with zero attached hydrogens (tertiary/aromatic N) is 3. The Labute approximate surface area is 175 Å². The van der Waals surface area contributed by atoms with Gasteiger partial charge < -0.3 is 4.74 Å². The summed E-state index contributed by atoms with van der Waals surface area (Å²) in [6, 6.07) is 16.8. The number of rotatable bonds is 6. The van der Waals surface area contributed by atoms with Gasteiger partial charge in [-0.3, -0.25) is 14.3 Å². The molecule has 6 nitrogen and oxygen atoms in total. The fourth-order valence-electron chi connectivity index (χ4n) is 3.24. The first-order valence-electron chi connectivity index (χ1n) is 9.60. The predicted molar refractivity (Wildman–Crippen MR) is 120 cm³/mol. The van der Waals surface area contributed by atoms with E-state index in [1.165, 1.54) is 6.92 Å². The van der Waals surface area contributed by atoms with Gasteiger partial charge in [-0.1, -0.05) is 30.3 Å². The number of para-hydroxylation sites is 1. The van der Waals surface area contributed by atoms with Crippen molar-refractivity contribution >= 4 is 23.3 Å². The van der Waals surface area contributed by atoms with Crippen LogP contribution in [0.1, 0.15) is 25.1 Å². The molecule has 1 aromatic heterocycles. The molecule has 0 aliphatic rings. The molecule has 30 heavy (non-hydrogen) atoms. The Morgan fingerprint density at radius 1 is 1.03 bits per heavy atom. The van der Waals surface area contributed by atoms with Crippen LogP contribution >= 0.6 is 0 Å². The maximum Gasteiger partial charge on any atom is 0.297 e. The van der Waals surface area contributed by atoms with Crippen LogP contribution in [0.3, 0.4) is 0 Å². The number of benzene rings is 2. The molecule has 1 heterocycles. The lowest BCUT2D eigenvalue weighted by Crippen LogP contribution is -2.19. The van der Waals surface area contributed by atoms with Gasteiger partial charge in [-0.05, 0) is 56.7 Å². The monoisotopic (exact) mass is 403 g/mol. The van der Waals surface area contributed by atoms with Crippen molar-refractivity contribution in [3.05, 3.63) is 81.8 Å². The number of allylic oxidation sites excluding steroid dienone is 1. The second-order valence-electron chi connectivity index (χ2n) is 6.99. The van der Waals surface area contributed by atoms with Crippen molar-refractivity contribution in [3.63, 3.8) is 0 Å². The number of hydrogen-bond donors (Lipinski definition) is 0. The van der Waals surface area contributed by atoms with Crippen LogP contribution in [0.4, 0.5) is 5.69 Å². The molecular weight excluding hydrogens is 378 g/mol. The van der Waals surface area contributed by atoms with Crippen molar-refractivity contribution in [3.8, 4) is 11.4 Å². The van der Waals surface area contributed by atoms with Crippen LogP contribution in [0.2, 0.25) is 0 Å². The molecule has 0 saturated carbocycles. The SMILES string of the molecule is COc1ccc(C=C(C(C)=O)C(C)=Nc2c(C)n(C)n(-c3ccccc3)c2=O)cc1. The van der Waals surface area contributed by atoms with E-state index in [1.807, 2.05) is 68.6 Å². The molecule has 0 atom stereocenters. The minimum absolute atomic E-state index is 0.121. The maximum absolute atomic E-state index is 13.1. The predicted octanol–water partition coefficient (Wildman–Crippen LogP) is 4.26. The number of hydrogen-bond acceptors (Lipinski definition) is 4. The number of carbonyl (C=O) groups excluding carboxylic acids is 1. The lowest BCUT2D eigenvalue weighted by atomic mass is 10.0. The summed E-state index contributed by atoms with van der Waals surface area (Å²) in [6.07, 6.45) is 1.77. The molecule has 0 unspecified atom stereocenters. The van der Waals surface area contributed by atoms with E-state index >= 15 is 0 Å². The number of ketones is 1. The number of aromatic nitrogens is 2. The summed E-state index contributed by atoms with van der Waals surface area (Å²) in [5.41, 5.74) is 3.36. The van der Waals surface area contributed by atoms with E-state index in [0.29, 0.717) is 17.0 Å². The zero-order valence-electron chi connectivity index (χ0n) is 17.8. The molecule has 0 bridgehead atoms. The summed E-state index contributed by atoms with van der Waals surface area (Å²) in [5.74, 6) is 0.618. The number of methoxy groups -OCH3 is 1. The largest absolute Gasteiger partial charge is 0.497 e. The third-order valence-electron chi connectivity index (χ3n) is 5.00. The Hall–Kier alpha value is -3.67. The van der Waals surface area contributed by atoms with Crippen molar-refractivity contribution < 1.29 is 9.53 Å². The molecule has 3 rings (SSSR count). The van der Waals surface area contributed by atoms with Crippen LogP contribution < -0.4 is 10.3 Å². The summed E-state index contributed by atoms with van der Waals surface area (Å²) in [5, 5.41) is 0. The van der Waals surface area contributed by atoms with Crippen LogP contribution in [0.5, 0.6) is 5.75 Å². The molecule has 0 N–H and O–H groups in total. The number of carbonyl (C=O) groups is 1. The van der Waals surface area contributed by atoms with Crippen LogP contribution in [0.25, 0.3) is 11.8 Å². The molecule has 3 aromatic rings. The minimum atomic E-state index is -0.229. The van der Waals surface area contributed by atoms with Crippen molar-refractivity contribution in [1.29, 1.82) is 0 Å². The molecule has 0 fully saturated rings. The third-order valence-corrected chi connectivity index (χ3v) is 5.00. The maximum atomic E-state index is 13.1. The highest BCUT2D eigenvalue weighted by Crippen LogP contribution is 2.20. The Balaban J connectivity index is 2.07. The second-order valence-corrected chi connectivity index (χ2v) is 6.99. The molecular formula is C24H25N3O3. The van der Waals surface area contributed by atoms with Gasteiger partial charge in [-0.15, -0.1) is 0 Å². The highest BCUT2D eigenvalue weighted by Gasteiger charge is 2.17. The lowest BCUT2D eigenvalue weighted by molar-refractivity contribution is -0.113. The molecule has 0 radical (unpaired) electrons. The average molecular weight is 403 g/mol. The van der Waals surface area contributed by atoms with Gasteiger partial charge in [0.05, 0.1) is 18.5 Å². The third kappa shape index (κ3) is 4.17. The Morgan fingerprint density at radius 3 is 2.23 bits per heavy atom. The molecule has 154 valence electrons. The standard InChI is InChI=1S/C24H25N3O3/c1-16(22(18(3)28)15-19-11-13-21(30-5)14-12-19)25-23-17(2)26(4)27(24(23)29)20-9-7-6-8-10-20/h6-15H,1-5H3. The topological polar surface area (TPSA) is 65.6 Å². The number of ether oxygens (including phenoxy) is 1. The summed E-state index contributed by atoms with van der Waals surface area (Å²) in [4.78, 5) is 30.0. The first kappa shape index (κ1) is 21.0. The molecule has 0 amide bonds. The molecule has 0 saturated heterocycles. The van der Waals surface area contributed by atoms with E-state index in [9.17, 15) is 9.59 Å². The Bertz CT molecular complexity index is 1180. The molecule has 6 heteroatoms. The highest BCUT2D eigenvalue weighted by molar-refractivity contribution is 6.24. The van der Waals surface area contributed by atoms with Gasteiger partial charge in [0.2, 0.25) is 0 Å². The highest BCUT2D eigenvalue weighted by atomic mass is 16.5. The molecule has 0 spiro atoms.